The Morgan fingerprint density at radius 2 is 2.00 bits per heavy atom. The first-order chi connectivity index (χ1) is 11.7. The largest absolute Gasteiger partial charge is 0.393 e. The van der Waals surface area contributed by atoms with Crippen LogP contribution < -0.4 is 0 Å². The predicted octanol–water partition coefficient (Wildman–Crippen LogP) is 2.30. The topological polar surface area (TPSA) is 58.5 Å². The number of fused-ring (bicyclic) bond motifs is 1. The van der Waals surface area contributed by atoms with Crippen LogP contribution in [0.2, 0.25) is 0 Å². The van der Waals surface area contributed by atoms with Gasteiger partial charge in [-0.05, 0) is 44.9 Å². The van der Waals surface area contributed by atoms with E-state index in [9.17, 15) is 5.11 Å². The summed E-state index contributed by atoms with van der Waals surface area (Å²) in [7, 11) is 0. The molecule has 1 N–H and O–H groups in total. The van der Waals surface area contributed by atoms with Crippen molar-refractivity contribution in [2.75, 3.05) is 19.8 Å². The molecule has 5 nitrogen and oxygen atoms in total. The molecule has 3 heterocycles. The molecule has 24 heavy (non-hydrogen) atoms. The van der Waals surface area contributed by atoms with Crippen molar-refractivity contribution in [2.24, 2.45) is 5.92 Å². The number of aliphatic hydroxyl groups excluding tert-OH is 1. The van der Waals surface area contributed by atoms with E-state index in [0.29, 0.717) is 19.3 Å². The first-order valence-corrected chi connectivity index (χ1v) is 8.94. The molecule has 2 fully saturated rings. The second kappa shape index (κ2) is 6.75. The van der Waals surface area contributed by atoms with Crippen LogP contribution in [-0.2, 0) is 11.3 Å². The number of para-hydroxylation sites is 2. The molecular weight excluding hydrogens is 302 g/mol. The van der Waals surface area contributed by atoms with E-state index in [-0.39, 0.29) is 12.0 Å². The fourth-order valence-electron chi connectivity index (χ4n) is 4.12. The Balaban J connectivity index is 1.56. The predicted molar refractivity (Wildman–Crippen MR) is 92.6 cm³/mol. The third-order valence-electron chi connectivity index (χ3n) is 5.47. The van der Waals surface area contributed by atoms with Gasteiger partial charge in [0.25, 0.3) is 0 Å². The zero-order chi connectivity index (χ0) is 16.5. The molecule has 0 aliphatic carbocycles. The Kier molecular flexibility index (Phi) is 4.48. The van der Waals surface area contributed by atoms with E-state index in [1.165, 1.54) is 6.42 Å². The summed E-state index contributed by atoms with van der Waals surface area (Å²) in [5.74, 6) is 0.218. The quantitative estimate of drug-likeness (QED) is 0.937. The third-order valence-corrected chi connectivity index (χ3v) is 5.47. The summed E-state index contributed by atoms with van der Waals surface area (Å²) >= 11 is 0. The molecule has 2 saturated heterocycles. The lowest BCUT2D eigenvalue weighted by Gasteiger charge is -2.37. The Morgan fingerprint density at radius 3 is 2.79 bits per heavy atom. The molecule has 5 heteroatoms. The molecule has 0 saturated carbocycles. The first-order valence-electron chi connectivity index (χ1n) is 8.94. The van der Waals surface area contributed by atoms with Gasteiger partial charge in [0, 0.05) is 25.1 Å². The van der Waals surface area contributed by atoms with E-state index in [1.54, 1.807) is 0 Å². The van der Waals surface area contributed by atoms with Gasteiger partial charge in [-0.1, -0.05) is 12.1 Å². The smallest absolute Gasteiger partial charge is 0.0890 e. The summed E-state index contributed by atoms with van der Waals surface area (Å²) < 4.78 is 5.63. The van der Waals surface area contributed by atoms with Gasteiger partial charge in [-0.15, -0.1) is 0 Å². The molecule has 1 aromatic heterocycles. The SMILES string of the molecule is Cc1nc2ccccc2nc1CN1CCCC1C1COCCC1O. The lowest BCUT2D eigenvalue weighted by atomic mass is 9.89. The van der Waals surface area contributed by atoms with Crippen LogP contribution >= 0.6 is 0 Å². The van der Waals surface area contributed by atoms with Gasteiger partial charge in [-0.3, -0.25) is 4.90 Å². The van der Waals surface area contributed by atoms with E-state index in [1.807, 2.05) is 31.2 Å². The average Bonchev–Trinajstić information content (AvgIpc) is 3.04. The Hall–Kier alpha value is -1.56. The van der Waals surface area contributed by atoms with Gasteiger partial charge in [0.05, 0.1) is 35.1 Å². The van der Waals surface area contributed by atoms with Crippen molar-refractivity contribution < 1.29 is 9.84 Å². The van der Waals surface area contributed by atoms with E-state index in [0.717, 1.165) is 48.4 Å². The molecule has 2 aliphatic heterocycles. The molecule has 3 unspecified atom stereocenters. The van der Waals surface area contributed by atoms with Gasteiger partial charge < -0.3 is 9.84 Å². The third kappa shape index (κ3) is 3.04. The summed E-state index contributed by atoms with van der Waals surface area (Å²) in [6.45, 7) is 5.25. The fraction of sp³-hybridized carbons (Fsp3) is 0.579. The summed E-state index contributed by atoms with van der Waals surface area (Å²) in [6.07, 6.45) is 2.82. The maximum absolute atomic E-state index is 10.4. The van der Waals surface area contributed by atoms with E-state index in [2.05, 4.69) is 4.90 Å². The minimum absolute atomic E-state index is 0.218. The second-order valence-corrected chi connectivity index (χ2v) is 7.02. The zero-order valence-electron chi connectivity index (χ0n) is 14.2. The highest BCUT2D eigenvalue weighted by atomic mass is 16.5. The van der Waals surface area contributed by atoms with Crippen LogP contribution in [0.5, 0.6) is 0 Å². The van der Waals surface area contributed by atoms with Gasteiger partial charge >= 0.3 is 0 Å². The monoisotopic (exact) mass is 327 g/mol. The minimum Gasteiger partial charge on any atom is -0.393 e. The Morgan fingerprint density at radius 1 is 1.21 bits per heavy atom. The molecule has 128 valence electrons. The van der Waals surface area contributed by atoms with Gasteiger partial charge in [0.2, 0.25) is 0 Å². The number of aliphatic hydroxyl groups is 1. The minimum atomic E-state index is -0.242. The van der Waals surface area contributed by atoms with Crippen LogP contribution in [0.3, 0.4) is 0 Å². The van der Waals surface area contributed by atoms with Crippen molar-refractivity contribution in [3.8, 4) is 0 Å². The van der Waals surface area contributed by atoms with E-state index >= 15 is 0 Å². The number of hydrogen-bond acceptors (Lipinski definition) is 5. The highest BCUT2D eigenvalue weighted by Crippen LogP contribution is 2.31. The van der Waals surface area contributed by atoms with Crippen LogP contribution in [0.1, 0.15) is 30.7 Å². The molecule has 0 radical (unpaired) electrons. The zero-order valence-corrected chi connectivity index (χ0v) is 14.2. The van der Waals surface area contributed by atoms with Crippen LogP contribution in [0.4, 0.5) is 0 Å². The number of aryl methyl sites for hydroxylation is 1. The number of benzene rings is 1. The molecule has 0 spiro atoms. The van der Waals surface area contributed by atoms with E-state index in [4.69, 9.17) is 14.7 Å². The molecular formula is C19H25N3O2. The fourth-order valence-corrected chi connectivity index (χ4v) is 4.12. The molecule has 2 aliphatic rings. The molecule has 1 aromatic carbocycles. The van der Waals surface area contributed by atoms with Crippen LogP contribution in [0.15, 0.2) is 24.3 Å². The van der Waals surface area contributed by atoms with Crippen LogP contribution in [0, 0.1) is 12.8 Å². The number of aromatic nitrogens is 2. The van der Waals surface area contributed by atoms with Gasteiger partial charge in [-0.25, -0.2) is 9.97 Å². The second-order valence-electron chi connectivity index (χ2n) is 7.02. The van der Waals surface area contributed by atoms with Crippen molar-refractivity contribution in [1.29, 1.82) is 0 Å². The van der Waals surface area contributed by atoms with Crippen molar-refractivity contribution >= 4 is 11.0 Å². The Labute approximate surface area is 142 Å². The first kappa shape index (κ1) is 15.9. The van der Waals surface area contributed by atoms with Crippen molar-refractivity contribution in [3.63, 3.8) is 0 Å². The van der Waals surface area contributed by atoms with Crippen LogP contribution in [0.25, 0.3) is 11.0 Å². The van der Waals surface area contributed by atoms with Gasteiger partial charge in [0.15, 0.2) is 0 Å². The molecule has 0 amide bonds. The summed E-state index contributed by atoms with van der Waals surface area (Å²) in [6, 6.07) is 8.41. The van der Waals surface area contributed by atoms with Crippen molar-refractivity contribution in [2.45, 2.75) is 44.9 Å². The maximum Gasteiger partial charge on any atom is 0.0890 e. The summed E-state index contributed by atoms with van der Waals surface area (Å²) in [5, 5.41) is 10.4. The molecule has 4 rings (SSSR count). The number of hydrogen-bond donors (Lipinski definition) is 1. The standard InChI is InChI=1S/C19H25N3O2/c1-13-17(21-16-6-3-2-5-15(16)20-13)11-22-9-4-7-18(22)14-12-24-10-8-19(14)23/h2-3,5-6,14,18-19,23H,4,7-12H2,1H3. The summed E-state index contributed by atoms with van der Waals surface area (Å²) in [5.41, 5.74) is 3.95. The van der Waals surface area contributed by atoms with E-state index < -0.39 is 0 Å². The van der Waals surface area contributed by atoms with Crippen molar-refractivity contribution in [3.05, 3.63) is 35.7 Å². The normalized spacial score (nSPS) is 28.5. The van der Waals surface area contributed by atoms with Gasteiger partial charge in [0.1, 0.15) is 0 Å². The molecule has 0 bridgehead atoms. The molecule has 2 aromatic rings. The number of rotatable bonds is 3. The highest BCUT2D eigenvalue weighted by molar-refractivity contribution is 5.74. The average molecular weight is 327 g/mol. The number of nitrogens with zero attached hydrogens (tertiary/aromatic N) is 3. The maximum atomic E-state index is 10.4. The van der Waals surface area contributed by atoms with Gasteiger partial charge in [-0.2, -0.15) is 0 Å². The number of likely N-dealkylation sites (tertiary alicyclic amines) is 1. The number of ether oxygens (including phenoxy) is 1. The lowest BCUT2D eigenvalue weighted by molar-refractivity contribution is -0.0637. The van der Waals surface area contributed by atoms with Crippen LogP contribution in [-0.4, -0.2) is 51.9 Å². The Bertz CT molecular complexity index is 721. The highest BCUT2D eigenvalue weighted by Gasteiger charge is 2.37. The summed E-state index contributed by atoms with van der Waals surface area (Å²) in [4.78, 5) is 12.0. The lowest BCUT2D eigenvalue weighted by Crippen LogP contribution is -2.46. The van der Waals surface area contributed by atoms with Crippen molar-refractivity contribution in [1.82, 2.24) is 14.9 Å². The molecule has 3 atom stereocenters.